The molecule has 2 rings (SSSR count). The molecule has 0 aliphatic carbocycles. The van der Waals surface area contributed by atoms with Gasteiger partial charge in [-0.25, -0.2) is 0 Å². The summed E-state index contributed by atoms with van der Waals surface area (Å²) in [6.07, 6.45) is 0. The second-order valence-corrected chi connectivity index (χ2v) is 4.71. The fourth-order valence-corrected chi connectivity index (χ4v) is 2.04. The minimum absolute atomic E-state index is 0. The Kier molecular flexibility index (Phi) is 4.06. The Hall–Kier alpha value is -0.790. The van der Waals surface area contributed by atoms with Crippen LogP contribution in [0.5, 0.6) is 11.5 Å². The van der Waals surface area contributed by atoms with Gasteiger partial charge in [0, 0.05) is 6.07 Å². The van der Waals surface area contributed by atoms with Crippen LogP contribution in [0, 0.1) is 0 Å². The molecule has 7 heteroatoms. The van der Waals surface area contributed by atoms with Gasteiger partial charge < -0.3 is 10.2 Å². The van der Waals surface area contributed by atoms with Crippen molar-refractivity contribution in [1.29, 1.82) is 0 Å². The molecule has 0 aliphatic rings. The van der Waals surface area contributed by atoms with Gasteiger partial charge in [0.2, 0.25) is 0 Å². The molecule has 0 saturated carbocycles. The molecule has 0 bridgehead atoms. The number of fused-ring (bicyclic) bond motifs is 1. The SMILES string of the molecule is O=S(=O)(O)c1cc(O)c2c(O)cccc2c1.[NaH]. The summed E-state index contributed by atoms with van der Waals surface area (Å²) in [6, 6.07) is 6.45. The Balaban J connectivity index is 0.00000144. The van der Waals surface area contributed by atoms with E-state index >= 15 is 0 Å². The standard InChI is InChI=1S/C10H8O5S.Na.H/c11-8-3-1-2-6-4-7(16(13,14)15)5-9(12)10(6)8;;/h1-5,11-12H,(H,13,14,15);;. The van der Waals surface area contributed by atoms with Crippen LogP contribution in [0.25, 0.3) is 10.8 Å². The summed E-state index contributed by atoms with van der Waals surface area (Å²) >= 11 is 0. The van der Waals surface area contributed by atoms with Crippen molar-refractivity contribution in [2.24, 2.45) is 0 Å². The quantitative estimate of drug-likeness (QED) is 0.524. The fourth-order valence-electron chi connectivity index (χ4n) is 1.51. The van der Waals surface area contributed by atoms with Gasteiger partial charge >= 0.3 is 29.6 Å². The van der Waals surface area contributed by atoms with E-state index in [1.54, 1.807) is 0 Å². The van der Waals surface area contributed by atoms with E-state index in [4.69, 9.17) is 4.55 Å². The molecule has 17 heavy (non-hydrogen) atoms. The molecular formula is C10H9NaO5S. The van der Waals surface area contributed by atoms with Crippen molar-refractivity contribution in [3.05, 3.63) is 30.3 Å². The van der Waals surface area contributed by atoms with E-state index in [1.807, 2.05) is 0 Å². The number of phenolic OH excluding ortho intramolecular Hbond substituents is 2. The zero-order chi connectivity index (χ0) is 11.9. The Morgan fingerprint density at radius 1 is 1.00 bits per heavy atom. The van der Waals surface area contributed by atoms with E-state index in [9.17, 15) is 18.6 Å². The molecule has 0 spiro atoms. The second-order valence-electron chi connectivity index (χ2n) is 3.29. The van der Waals surface area contributed by atoms with Crippen molar-refractivity contribution >= 4 is 50.4 Å². The summed E-state index contributed by atoms with van der Waals surface area (Å²) in [7, 11) is -4.37. The predicted octanol–water partition coefficient (Wildman–Crippen LogP) is 0.849. The molecule has 2 aromatic carbocycles. The van der Waals surface area contributed by atoms with E-state index < -0.39 is 20.8 Å². The van der Waals surface area contributed by atoms with E-state index in [-0.39, 0.29) is 40.7 Å². The molecule has 0 aromatic heterocycles. The Morgan fingerprint density at radius 3 is 2.24 bits per heavy atom. The molecular weight excluding hydrogens is 255 g/mol. The molecule has 0 unspecified atom stereocenters. The third-order valence-corrected chi connectivity index (χ3v) is 3.04. The van der Waals surface area contributed by atoms with Crippen molar-refractivity contribution in [3.8, 4) is 11.5 Å². The van der Waals surface area contributed by atoms with E-state index in [2.05, 4.69) is 0 Å². The zero-order valence-electron chi connectivity index (χ0n) is 7.95. The first-order valence-electron chi connectivity index (χ1n) is 4.32. The first-order chi connectivity index (χ1) is 7.39. The molecule has 0 aliphatic heterocycles. The molecule has 0 heterocycles. The molecule has 3 N–H and O–H groups in total. The van der Waals surface area contributed by atoms with Crippen LogP contribution in [-0.2, 0) is 10.1 Å². The van der Waals surface area contributed by atoms with Crippen molar-refractivity contribution in [3.63, 3.8) is 0 Å². The molecule has 0 fully saturated rings. The van der Waals surface area contributed by atoms with Gasteiger partial charge in [-0.15, -0.1) is 0 Å². The topological polar surface area (TPSA) is 94.8 Å². The number of phenols is 2. The maximum absolute atomic E-state index is 10.9. The van der Waals surface area contributed by atoms with Crippen LogP contribution in [0.4, 0.5) is 0 Å². The summed E-state index contributed by atoms with van der Waals surface area (Å²) in [6.45, 7) is 0. The van der Waals surface area contributed by atoms with Gasteiger partial charge in [-0.3, -0.25) is 4.55 Å². The van der Waals surface area contributed by atoms with Crippen LogP contribution in [0.1, 0.15) is 0 Å². The van der Waals surface area contributed by atoms with Gasteiger partial charge in [0.05, 0.1) is 10.3 Å². The molecule has 5 nitrogen and oxygen atoms in total. The predicted molar refractivity (Wildman–Crippen MR) is 64.2 cm³/mol. The Labute approximate surface area is 120 Å². The molecule has 0 atom stereocenters. The van der Waals surface area contributed by atoms with Gasteiger partial charge in [0.15, 0.2) is 0 Å². The van der Waals surface area contributed by atoms with Crippen LogP contribution in [0.15, 0.2) is 35.2 Å². The van der Waals surface area contributed by atoms with Crippen molar-refractivity contribution < 1.29 is 23.2 Å². The first-order valence-corrected chi connectivity index (χ1v) is 5.76. The van der Waals surface area contributed by atoms with Gasteiger partial charge in [0.1, 0.15) is 11.5 Å². The minimum atomic E-state index is -4.37. The normalized spacial score (nSPS) is 11.1. The van der Waals surface area contributed by atoms with Crippen LogP contribution < -0.4 is 0 Å². The number of rotatable bonds is 1. The summed E-state index contributed by atoms with van der Waals surface area (Å²) in [5.74, 6) is -0.555. The van der Waals surface area contributed by atoms with Crippen LogP contribution in [0.3, 0.4) is 0 Å². The van der Waals surface area contributed by atoms with Crippen molar-refractivity contribution in [2.75, 3.05) is 0 Å². The zero-order valence-corrected chi connectivity index (χ0v) is 8.77. The third kappa shape index (κ3) is 2.72. The molecule has 0 radical (unpaired) electrons. The summed E-state index contributed by atoms with van der Waals surface area (Å²) in [4.78, 5) is -0.414. The third-order valence-electron chi connectivity index (χ3n) is 2.21. The van der Waals surface area contributed by atoms with Crippen molar-refractivity contribution in [1.82, 2.24) is 0 Å². The maximum atomic E-state index is 10.9. The van der Waals surface area contributed by atoms with Gasteiger partial charge in [0.25, 0.3) is 10.1 Å². The van der Waals surface area contributed by atoms with Crippen LogP contribution >= 0.6 is 0 Å². The van der Waals surface area contributed by atoms with E-state index in [0.29, 0.717) is 5.39 Å². The fraction of sp³-hybridized carbons (Fsp3) is 0. The van der Waals surface area contributed by atoms with Crippen LogP contribution in [-0.4, -0.2) is 52.7 Å². The number of hydrogen-bond donors (Lipinski definition) is 3. The van der Waals surface area contributed by atoms with E-state index in [1.165, 1.54) is 24.3 Å². The van der Waals surface area contributed by atoms with Crippen molar-refractivity contribution in [2.45, 2.75) is 4.90 Å². The molecule has 0 amide bonds. The first kappa shape index (κ1) is 14.3. The van der Waals surface area contributed by atoms with Crippen LogP contribution in [0.2, 0.25) is 0 Å². The number of hydrogen-bond acceptors (Lipinski definition) is 4. The monoisotopic (exact) mass is 264 g/mol. The Bertz CT molecular complexity index is 666. The summed E-state index contributed by atoms with van der Waals surface area (Å²) < 4.78 is 30.6. The molecule has 2 aromatic rings. The van der Waals surface area contributed by atoms with Gasteiger partial charge in [-0.05, 0) is 17.5 Å². The molecule has 0 saturated heterocycles. The van der Waals surface area contributed by atoms with Gasteiger partial charge in [-0.1, -0.05) is 12.1 Å². The number of benzene rings is 2. The molecule has 86 valence electrons. The average Bonchev–Trinajstić information content (AvgIpc) is 2.15. The summed E-state index contributed by atoms with van der Waals surface area (Å²) in [5.41, 5.74) is 0. The average molecular weight is 264 g/mol. The second kappa shape index (κ2) is 4.83. The van der Waals surface area contributed by atoms with Gasteiger partial charge in [-0.2, -0.15) is 8.42 Å². The Morgan fingerprint density at radius 2 is 1.65 bits per heavy atom. The number of aromatic hydroxyl groups is 2. The van der Waals surface area contributed by atoms with E-state index in [0.717, 1.165) is 6.07 Å². The summed E-state index contributed by atoms with van der Waals surface area (Å²) in [5, 5.41) is 19.5.